The van der Waals surface area contributed by atoms with E-state index in [0.29, 0.717) is 36.1 Å². The smallest absolute Gasteiger partial charge is 0.258 e. The van der Waals surface area contributed by atoms with Crippen molar-refractivity contribution in [2.24, 2.45) is 0 Å². The highest BCUT2D eigenvalue weighted by atomic mass is 16.5. The van der Waals surface area contributed by atoms with Crippen LogP contribution in [0.1, 0.15) is 12.2 Å². The first-order chi connectivity index (χ1) is 9.24. The third-order valence-corrected chi connectivity index (χ3v) is 2.64. The van der Waals surface area contributed by atoms with E-state index in [9.17, 15) is 5.11 Å². The van der Waals surface area contributed by atoms with Crippen LogP contribution in [0.3, 0.4) is 0 Å². The number of aromatic hydroxyl groups is 1. The molecule has 0 atom stereocenters. The van der Waals surface area contributed by atoms with Gasteiger partial charge in [-0.05, 0) is 24.6 Å². The van der Waals surface area contributed by atoms with Crippen molar-refractivity contribution in [1.82, 2.24) is 10.1 Å². The van der Waals surface area contributed by atoms with Crippen LogP contribution < -0.4 is 4.74 Å². The van der Waals surface area contributed by atoms with E-state index in [0.717, 1.165) is 6.42 Å². The molecule has 0 aliphatic rings. The Morgan fingerprint density at radius 3 is 2.84 bits per heavy atom. The zero-order chi connectivity index (χ0) is 13.7. The van der Waals surface area contributed by atoms with Gasteiger partial charge in [0, 0.05) is 25.7 Å². The maximum absolute atomic E-state index is 9.70. The van der Waals surface area contributed by atoms with E-state index >= 15 is 0 Å². The Morgan fingerprint density at radius 1 is 1.32 bits per heavy atom. The second-order valence-electron chi connectivity index (χ2n) is 4.00. The van der Waals surface area contributed by atoms with Crippen molar-refractivity contribution in [3.05, 3.63) is 24.0 Å². The molecule has 2 aromatic rings. The Morgan fingerprint density at radius 2 is 2.16 bits per heavy atom. The number of rotatable bonds is 6. The van der Waals surface area contributed by atoms with Crippen LogP contribution in [0.5, 0.6) is 11.5 Å². The van der Waals surface area contributed by atoms with E-state index in [2.05, 4.69) is 10.1 Å². The van der Waals surface area contributed by atoms with Crippen LogP contribution in [0.25, 0.3) is 11.5 Å². The topological polar surface area (TPSA) is 77.6 Å². The molecule has 2 rings (SSSR count). The van der Waals surface area contributed by atoms with E-state index in [-0.39, 0.29) is 5.75 Å². The summed E-state index contributed by atoms with van der Waals surface area (Å²) in [5.74, 6) is 1.45. The largest absolute Gasteiger partial charge is 0.504 e. The van der Waals surface area contributed by atoms with Gasteiger partial charge in [0.2, 0.25) is 0 Å². The van der Waals surface area contributed by atoms with Crippen LogP contribution >= 0.6 is 0 Å². The lowest BCUT2D eigenvalue weighted by molar-refractivity contribution is 0.194. The van der Waals surface area contributed by atoms with Crippen LogP contribution in [0.2, 0.25) is 0 Å². The summed E-state index contributed by atoms with van der Waals surface area (Å²) in [7, 11) is 3.15. The van der Waals surface area contributed by atoms with Gasteiger partial charge in [-0.1, -0.05) is 5.16 Å². The molecule has 1 heterocycles. The Balaban J connectivity index is 2.11. The molecule has 6 nitrogen and oxygen atoms in total. The number of phenols is 1. The van der Waals surface area contributed by atoms with Crippen molar-refractivity contribution in [1.29, 1.82) is 0 Å². The fourth-order valence-electron chi connectivity index (χ4n) is 1.67. The van der Waals surface area contributed by atoms with Gasteiger partial charge in [-0.25, -0.2) is 0 Å². The van der Waals surface area contributed by atoms with Crippen LogP contribution in [0.4, 0.5) is 0 Å². The van der Waals surface area contributed by atoms with Gasteiger partial charge in [0.05, 0.1) is 7.11 Å². The molecule has 0 spiro atoms. The minimum Gasteiger partial charge on any atom is -0.504 e. The number of phenolic OH excluding ortho intramolecular Hbond substituents is 1. The minimum atomic E-state index is 0.0409. The van der Waals surface area contributed by atoms with Gasteiger partial charge in [-0.2, -0.15) is 4.98 Å². The molecule has 0 radical (unpaired) electrons. The average molecular weight is 264 g/mol. The van der Waals surface area contributed by atoms with Gasteiger partial charge in [0.25, 0.3) is 5.89 Å². The predicted molar refractivity (Wildman–Crippen MR) is 68.1 cm³/mol. The first kappa shape index (κ1) is 13.4. The van der Waals surface area contributed by atoms with Crippen molar-refractivity contribution < 1.29 is 19.1 Å². The highest BCUT2D eigenvalue weighted by Crippen LogP contribution is 2.30. The number of aromatic nitrogens is 2. The molecule has 0 unspecified atom stereocenters. The number of aryl methyl sites for hydroxylation is 1. The third-order valence-electron chi connectivity index (χ3n) is 2.64. The van der Waals surface area contributed by atoms with Gasteiger partial charge in [0.15, 0.2) is 17.3 Å². The number of nitrogens with zero attached hydrogens (tertiary/aromatic N) is 2. The molecule has 1 aromatic carbocycles. The lowest BCUT2D eigenvalue weighted by Gasteiger charge is -2.03. The Hall–Kier alpha value is -2.08. The number of hydrogen-bond acceptors (Lipinski definition) is 6. The summed E-state index contributed by atoms with van der Waals surface area (Å²) >= 11 is 0. The van der Waals surface area contributed by atoms with Crippen LogP contribution in [-0.2, 0) is 11.2 Å². The summed E-state index contributed by atoms with van der Waals surface area (Å²) in [6, 6.07) is 4.94. The zero-order valence-electron chi connectivity index (χ0n) is 10.9. The van der Waals surface area contributed by atoms with Crippen molar-refractivity contribution in [3.63, 3.8) is 0 Å². The van der Waals surface area contributed by atoms with Crippen LogP contribution in [0, 0.1) is 0 Å². The lowest BCUT2D eigenvalue weighted by atomic mass is 10.2. The Kier molecular flexibility index (Phi) is 4.35. The maximum Gasteiger partial charge on any atom is 0.258 e. The van der Waals surface area contributed by atoms with Gasteiger partial charge in [-0.3, -0.25) is 0 Å². The summed E-state index contributed by atoms with van der Waals surface area (Å²) in [5.41, 5.74) is 0.656. The molecule has 0 aliphatic carbocycles. The standard InChI is InChI=1S/C13H16N2O4/c1-17-7-3-4-12-14-13(19-15-12)9-5-6-11(18-2)10(16)8-9/h5-6,8,16H,3-4,7H2,1-2H3. The molecule has 102 valence electrons. The first-order valence-electron chi connectivity index (χ1n) is 5.93. The second-order valence-corrected chi connectivity index (χ2v) is 4.00. The van der Waals surface area contributed by atoms with Crippen LogP contribution in [0.15, 0.2) is 22.7 Å². The minimum absolute atomic E-state index is 0.0409. The van der Waals surface area contributed by atoms with Crippen molar-refractivity contribution in [2.75, 3.05) is 20.8 Å². The van der Waals surface area contributed by atoms with Crippen molar-refractivity contribution in [2.45, 2.75) is 12.8 Å². The number of ether oxygens (including phenoxy) is 2. The number of methoxy groups -OCH3 is 2. The lowest BCUT2D eigenvalue weighted by Crippen LogP contribution is -1.94. The summed E-state index contributed by atoms with van der Waals surface area (Å²) in [6.07, 6.45) is 1.53. The quantitative estimate of drug-likeness (QED) is 0.804. The molecule has 1 aromatic heterocycles. The Labute approximate surface area is 111 Å². The molecular formula is C13H16N2O4. The van der Waals surface area contributed by atoms with E-state index in [1.54, 1.807) is 19.2 Å². The molecule has 0 bridgehead atoms. The molecule has 0 aliphatic heterocycles. The molecule has 0 fully saturated rings. The van der Waals surface area contributed by atoms with E-state index in [1.807, 2.05) is 0 Å². The second kappa shape index (κ2) is 6.19. The number of hydrogen-bond donors (Lipinski definition) is 1. The van der Waals surface area contributed by atoms with E-state index < -0.39 is 0 Å². The molecule has 0 saturated heterocycles. The fourth-order valence-corrected chi connectivity index (χ4v) is 1.67. The average Bonchev–Trinajstić information content (AvgIpc) is 2.88. The SMILES string of the molecule is COCCCc1noc(-c2ccc(OC)c(O)c2)n1. The summed E-state index contributed by atoms with van der Waals surface area (Å²) in [5, 5.41) is 13.6. The molecule has 0 amide bonds. The molecule has 1 N–H and O–H groups in total. The van der Waals surface area contributed by atoms with Crippen molar-refractivity contribution in [3.8, 4) is 23.0 Å². The summed E-state index contributed by atoms with van der Waals surface area (Å²) in [6.45, 7) is 0.660. The first-order valence-corrected chi connectivity index (χ1v) is 5.93. The predicted octanol–water partition coefficient (Wildman–Crippen LogP) is 2.03. The highest BCUT2D eigenvalue weighted by molar-refractivity contribution is 5.59. The van der Waals surface area contributed by atoms with Gasteiger partial charge >= 0.3 is 0 Å². The van der Waals surface area contributed by atoms with Crippen molar-refractivity contribution >= 4 is 0 Å². The van der Waals surface area contributed by atoms with E-state index in [4.69, 9.17) is 14.0 Å². The highest BCUT2D eigenvalue weighted by Gasteiger charge is 2.11. The van der Waals surface area contributed by atoms with Gasteiger partial charge < -0.3 is 19.1 Å². The molecule has 6 heteroatoms. The third kappa shape index (κ3) is 3.23. The van der Waals surface area contributed by atoms with Gasteiger partial charge in [0.1, 0.15) is 0 Å². The monoisotopic (exact) mass is 264 g/mol. The fraction of sp³-hybridized carbons (Fsp3) is 0.385. The Bertz CT molecular complexity index is 539. The maximum atomic E-state index is 9.70. The van der Waals surface area contributed by atoms with E-state index in [1.165, 1.54) is 13.2 Å². The zero-order valence-corrected chi connectivity index (χ0v) is 10.9. The number of benzene rings is 1. The molecule has 19 heavy (non-hydrogen) atoms. The normalized spacial score (nSPS) is 10.6. The molecular weight excluding hydrogens is 248 g/mol. The summed E-state index contributed by atoms with van der Waals surface area (Å²) < 4.78 is 15.1. The van der Waals surface area contributed by atoms with Crippen LogP contribution in [-0.4, -0.2) is 36.1 Å². The summed E-state index contributed by atoms with van der Waals surface area (Å²) in [4.78, 5) is 4.26. The van der Waals surface area contributed by atoms with Gasteiger partial charge in [-0.15, -0.1) is 0 Å². The molecule has 0 saturated carbocycles.